The highest BCUT2D eigenvalue weighted by Crippen LogP contribution is 2.34. The lowest BCUT2D eigenvalue weighted by Gasteiger charge is -2.12. The van der Waals surface area contributed by atoms with Crippen LogP contribution in [0.15, 0.2) is 69.9 Å². The molecule has 3 aromatic heterocycles. The zero-order valence-corrected chi connectivity index (χ0v) is 20.0. The van der Waals surface area contributed by atoms with E-state index in [2.05, 4.69) is 34.2 Å². The van der Waals surface area contributed by atoms with Crippen LogP contribution in [0.3, 0.4) is 0 Å². The van der Waals surface area contributed by atoms with Crippen LogP contribution in [0.2, 0.25) is 0 Å². The third-order valence-electron chi connectivity index (χ3n) is 5.25. The maximum atomic E-state index is 12.5. The van der Waals surface area contributed by atoms with Crippen molar-refractivity contribution < 1.29 is 4.74 Å². The lowest BCUT2D eigenvalue weighted by atomic mass is 10.1. The molecular weight excluding hydrogens is 454 g/mol. The molecule has 7 nitrogen and oxygen atoms in total. The monoisotopic (exact) mass is 475 g/mol. The average molecular weight is 476 g/mol. The van der Waals surface area contributed by atoms with Crippen molar-refractivity contribution in [2.45, 2.75) is 24.8 Å². The summed E-state index contributed by atoms with van der Waals surface area (Å²) < 4.78 is 9.22. The van der Waals surface area contributed by atoms with E-state index in [1.54, 1.807) is 17.6 Å². The van der Waals surface area contributed by atoms with E-state index in [9.17, 15) is 4.79 Å². The van der Waals surface area contributed by atoms with Crippen LogP contribution in [-0.4, -0.2) is 31.3 Å². The van der Waals surface area contributed by atoms with Crippen LogP contribution in [0, 0.1) is 13.8 Å². The first-order chi connectivity index (χ1) is 16.0. The number of benzene rings is 2. The number of aromatic nitrogens is 5. The van der Waals surface area contributed by atoms with Crippen molar-refractivity contribution in [3.8, 4) is 22.8 Å². The number of fused-ring (bicyclic) bond motifs is 1. The fraction of sp³-hybridized carbons (Fsp3) is 0.167. The second kappa shape index (κ2) is 8.84. The van der Waals surface area contributed by atoms with Gasteiger partial charge in [0.05, 0.1) is 18.4 Å². The standard InChI is InChI=1S/C24H21N5O2S2/c1-15-8-10-18(11-9-15)29-22(19-6-4-5-7-20(19)31-3)26-27-24(29)33-14-17-12-21(30)28-16(2)13-32-23(28)25-17/h4-13H,14H2,1-3H3. The van der Waals surface area contributed by atoms with Gasteiger partial charge in [0.25, 0.3) is 5.56 Å². The maximum Gasteiger partial charge on any atom is 0.258 e. The molecule has 0 aliphatic heterocycles. The molecule has 3 heterocycles. The predicted molar refractivity (Wildman–Crippen MR) is 132 cm³/mol. The van der Waals surface area contributed by atoms with Gasteiger partial charge in [-0.05, 0) is 38.1 Å². The fourth-order valence-corrected chi connectivity index (χ4v) is 5.34. The number of methoxy groups -OCH3 is 1. The molecule has 0 bridgehead atoms. The highest BCUT2D eigenvalue weighted by molar-refractivity contribution is 7.98. The molecule has 0 amide bonds. The Labute approximate surface area is 198 Å². The first-order valence-electron chi connectivity index (χ1n) is 10.3. The number of thioether (sulfide) groups is 1. The Morgan fingerprint density at radius 2 is 1.85 bits per heavy atom. The molecule has 33 heavy (non-hydrogen) atoms. The highest BCUT2D eigenvalue weighted by atomic mass is 32.2. The van der Waals surface area contributed by atoms with Crippen LogP contribution in [0.25, 0.3) is 22.0 Å². The van der Waals surface area contributed by atoms with E-state index < -0.39 is 0 Å². The van der Waals surface area contributed by atoms with Gasteiger partial charge in [-0.2, -0.15) is 0 Å². The van der Waals surface area contributed by atoms with Crippen LogP contribution >= 0.6 is 23.1 Å². The van der Waals surface area contributed by atoms with E-state index in [-0.39, 0.29) is 5.56 Å². The fourth-order valence-electron chi connectivity index (χ4n) is 3.61. The van der Waals surface area contributed by atoms with Crippen molar-refractivity contribution >= 4 is 28.1 Å². The highest BCUT2D eigenvalue weighted by Gasteiger charge is 2.19. The van der Waals surface area contributed by atoms with E-state index >= 15 is 0 Å². The van der Waals surface area contributed by atoms with Gasteiger partial charge in [-0.15, -0.1) is 21.5 Å². The Morgan fingerprint density at radius 3 is 2.64 bits per heavy atom. The van der Waals surface area contributed by atoms with Crippen LogP contribution < -0.4 is 10.3 Å². The molecule has 0 N–H and O–H groups in total. The number of nitrogens with zero attached hydrogens (tertiary/aromatic N) is 5. The zero-order chi connectivity index (χ0) is 22.9. The summed E-state index contributed by atoms with van der Waals surface area (Å²) in [5, 5.41) is 11.6. The average Bonchev–Trinajstić information content (AvgIpc) is 3.42. The Hall–Kier alpha value is -3.43. The Bertz CT molecular complexity index is 1500. The third-order valence-corrected chi connectivity index (χ3v) is 7.16. The van der Waals surface area contributed by atoms with Crippen molar-refractivity contribution in [2.75, 3.05) is 7.11 Å². The summed E-state index contributed by atoms with van der Waals surface area (Å²) in [4.78, 5) is 17.9. The molecule has 9 heteroatoms. The van der Waals surface area contributed by atoms with Crippen LogP contribution in [0.1, 0.15) is 17.0 Å². The van der Waals surface area contributed by atoms with E-state index in [1.165, 1.54) is 28.7 Å². The first-order valence-corrected chi connectivity index (χ1v) is 12.2. The summed E-state index contributed by atoms with van der Waals surface area (Å²) in [5.41, 5.74) is 4.52. The summed E-state index contributed by atoms with van der Waals surface area (Å²) in [7, 11) is 1.65. The number of aryl methyl sites for hydroxylation is 2. The SMILES string of the molecule is COc1ccccc1-c1nnc(SCc2cc(=O)n3c(C)csc3n2)n1-c1ccc(C)cc1. The Kier molecular flexibility index (Phi) is 5.74. The summed E-state index contributed by atoms with van der Waals surface area (Å²) >= 11 is 2.96. The molecule has 0 saturated carbocycles. The second-order valence-corrected chi connectivity index (χ2v) is 9.33. The minimum Gasteiger partial charge on any atom is -0.496 e. The van der Waals surface area contributed by atoms with Crippen LogP contribution in [-0.2, 0) is 5.75 Å². The number of para-hydroxylation sites is 1. The van der Waals surface area contributed by atoms with Crippen molar-refractivity contribution in [3.05, 3.63) is 87.3 Å². The van der Waals surface area contributed by atoms with Crippen molar-refractivity contribution in [1.82, 2.24) is 24.1 Å². The minimum absolute atomic E-state index is 0.0657. The van der Waals surface area contributed by atoms with Gasteiger partial charge in [0, 0.05) is 28.6 Å². The molecule has 0 radical (unpaired) electrons. The number of rotatable bonds is 6. The minimum atomic E-state index is -0.0657. The largest absolute Gasteiger partial charge is 0.496 e. The summed E-state index contributed by atoms with van der Waals surface area (Å²) in [6.07, 6.45) is 0. The van der Waals surface area contributed by atoms with Gasteiger partial charge >= 0.3 is 0 Å². The van der Waals surface area contributed by atoms with Crippen molar-refractivity contribution in [3.63, 3.8) is 0 Å². The third kappa shape index (κ3) is 4.05. The quantitative estimate of drug-likeness (QED) is 0.325. The molecule has 5 aromatic rings. The summed E-state index contributed by atoms with van der Waals surface area (Å²) in [5.74, 6) is 1.91. The van der Waals surface area contributed by atoms with Gasteiger partial charge in [-0.1, -0.05) is 41.6 Å². The number of hydrogen-bond acceptors (Lipinski definition) is 7. The Balaban J connectivity index is 1.56. The summed E-state index contributed by atoms with van der Waals surface area (Å²) in [6, 6.07) is 17.6. The molecule has 0 saturated heterocycles. The molecule has 2 aromatic carbocycles. The molecule has 0 spiro atoms. The van der Waals surface area contributed by atoms with Gasteiger partial charge in [-0.25, -0.2) is 4.98 Å². The van der Waals surface area contributed by atoms with Crippen LogP contribution in [0.5, 0.6) is 5.75 Å². The van der Waals surface area contributed by atoms with Crippen LogP contribution in [0.4, 0.5) is 0 Å². The summed E-state index contributed by atoms with van der Waals surface area (Å²) in [6.45, 7) is 3.96. The number of ether oxygens (including phenoxy) is 1. The van der Waals surface area contributed by atoms with Gasteiger partial charge in [-0.3, -0.25) is 13.8 Å². The lowest BCUT2D eigenvalue weighted by molar-refractivity contribution is 0.416. The zero-order valence-electron chi connectivity index (χ0n) is 18.3. The lowest BCUT2D eigenvalue weighted by Crippen LogP contribution is -2.14. The normalized spacial score (nSPS) is 11.2. The van der Waals surface area contributed by atoms with E-state index in [0.29, 0.717) is 27.4 Å². The van der Waals surface area contributed by atoms with E-state index in [1.807, 2.05) is 53.3 Å². The molecular formula is C24H21N5O2S2. The maximum absolute atomic E-state index is 12.5. The van der Waals surface area contributed by atoms with Gasteiger partial charge < -0.3 is 4.74 Å². The Morgan fingerprint density at radius 1 is 1.06 bits per heavy atom. The molecule has 0 unspecified atom stereocenters. The molecule has 0 aliphatic carbocycles. The number of thiazole rings is 1. The number of hydrogen-bond donors (Lipinski definition) is 0. The molecule has 5 rings (SSSR count). The van der Waals surface area contributed by atoms with E-state index in [4.69, 9.17) is 4.74 Å². The second-order valence-electron chi connectivity index (χ2n) is 7.55. The first kappa shape index (κ1) is 21.4. The predicted octanol–water partition coefficient (Wildman–Crippen LogP) is 4.92. The van der Waals surface area contributed by atoms with Gasteiger partial charge in [0.15, 0.2) is 15.9 Å². The van der Waals surface area contributed by atoms with Gasteiger partial charge in [0.1, 0.15) is 5.75 Å². The van der Waals surface area contributed by atoms with Crippen molar-refractivity contribution in [2.24, 2.45) is 0 Å². The van der Waals surface area contributed by atoms with E-state index in [0.717, 1.165) is 22.7 Å². The topological polar surface area (TPSA) is 74.3 Å². The van der Waals surface area contributed by atoms with Crippen molar-refractivity contribution in [1.29, 1.82) is 0 Å². The molecule has 166 valence electrons. The van der Waals surface area contributed by atoms with Gasteiger partial charge in [0.2, 0.25) is 0 Å². The molecule has 0 fully saturated rings. The molecule has 0 aliphatic rings. The molecule has 0 atom stereocenters. The smallest absolute Gasteiger partial charge is 0.258 e.